The van der Waals surface area contributed by atoms with Crippen LogP contribution in [-0.4, -0.2) is 30.1 Å². The summed E-state index contributed by atoms with van der Waals surface area (Å²) >= 11 is 0. The maximum Gasteiger partial charge on any atom is 0.418 e. The number of hydrogen-bond acceptors (Lipinski definition) is 3. The molecule has 2 fully saturated rings. The van der Waals surface area contributed by atoms with Crippen molar-refractivity contribution in [2.45, 2.75) is 37.5 Å². The molecule has 0 bridgehead atoms. The van der Waals surface area contributed by atoms with Crippen LogP contribution in [0.2, 0.25) is 0 Å². The van der Waals surface area contributed by atoms with Gasteiger partial charge in [0.25, 0.3) is 0 Å². The molecule has 2 saturated heterocycles. The first-order valence-corrected chi connectivity index (χ1v) is 6.92. The van der Waals surface area contributed by atoms with Crippen LogP contribution in [0.1, 0.15) is 24.8 Å². The predicted molar refractivity (Wildman–Crippen MR) is 72.5 cm³/mol. The van der Waals surface area contributed by atoms with Crippen molar-refractivity contribution in [1.82, 2.24) is 4.90 Å². The van der Waals surface area contributed by atoms with Crippen LogP contribution in [0, 0.1) is 0 Å². The smallest absolute Gasteiger partial charge is 0.398 e. The molecule has 3 nitrogen and oxygen atoms in total. The van der Waals surface area contributed by atoms with Crippen molar-refractivity contribution in [3.63, 3.8) is 0 Å². The number of rotatable bonds is 2. The molecule has 2 heterocycles. The molecule has 1 aromatic rings. The lowest BCUT2D eigenvalue weighted by atomic mass is 10.1. The highest BCUT2D eigenvalue weighted by Crippen LogP contribution is 2.36. The summed E-state index contributed by atoms with van der Waals surface area (Å²) in [6.07, 6.45) is -1.12. The second-order valence-electron chi connectivity index (χ2n) is 5.58. The van der Waals surface area contributed by atoms with Gasteiger partial charge in [0.15, 0.2) is 0 Å². The van der Waals surface area contributed by atoms with E-state index in [4.69, 9.17) is 5.73 Å². The van der Waals surface area contributed by atoms with Crippen LogP contribution >= 0.6 is 0 Å². The van der Waals surface area contributed by atoms with E-state index in [-0.39, 0.29) is 11.7 Å². The van der Waals surface area contributed by atoms with Gasteiger partial charge in [-0.15, -0.1) is 0 Å². The van der Waals surface area contributed by atoms with Gasteiger partial charge in [0.1, 0.15) is 0 Å². The largest absolute Gasteiger partial charge is 0.418 e. The molecule has 2 aliphatic rings. The lowest BCUT2D eigenvalue weighted by Crippen LogP contribution is -2.33. The molecule has 3 rings (SSSR count). The third-order valence-corrected chi connectivity index (χ3v) is 4.32. The minimum absolute atomic E-state index is 0.225. The Hall–Kier alpha value is -1.43. The lowest BCUT2D eigenvalue weighted by Gasteiger charge is -2.23. The van der Waals surface area contributed by atoms with Crippen LogP contribution in [0.5, 0.6) is 0 Å². The molecule has 0 aromatic heterocycles. The number of nitrogens with one attached hydrogen (secondary N) is 1. The average Bonchev–Trinajstić information content (AvgIpc) is 2.95. The normalized spacial score (nSPS) is 26.8. The minimum Gasteiger partial charge on any atom is -0.398 e. The number of nitrogens with two attached hydrogens (primary N) is 1. The Labute approximate surface area is 115 Å². The molecule has 1 aromatic carbocycles. The molecule has 110 valence electrons. The summed E-state index contributed by atoms with van der Waals surface area (Å²) in [4.78, 5) is 2.42. The Morgan fingerprint density at radius 2 is 2.00 bits per heavy atom. The maximum absolute atomic E-state index is 12.8. The van der Waals surface area contributed by atoms with E-state index >= 15 is 0 Å². The third kappa shape index (κ3) is 2.44. The first-order chi connectivity index (χ1) is 9.45. The van der Waals surface area contributed by atoms with Gasteiger partial charge >= 0.3 is 6.18 Å². The number of hydrogen-bond donors (Lipinski definition) is 2. The van der Waals surface area contributed by atoms with Gasteiger partial charge in [-0.3, -0.25) is 4.90 Å². The highest BCUT2D eigenvalue weighted by atomic mass is 19.4. The fraction of sp³-hybridized carbons (Fsp3) is 0.571. The minimum atomic E-state index is -4.41. The Morgan fingerprint density at radius 1 is 1.20 bits per heavy atom. The van der Waals surface area contributed by atoms with Crippen LogP contribution < -0.4 is 11.1 Å². The molecule has 6 heteroatoms. The topological polar surface area (TPSA) is 41.3 Å². The van der Waals surface area contributed by atoms with E-state index in [0.29, 0.717) is 11.7 Å². The van der Waals surface area contributed by atoms with Crippen molar-refractivity contribution < 1.29 is 13.2 Å². The molecule has 0 amide bonds. The van der Waals surface area contributed by atoms with E-state index in [9.17, 15) is 13.2 Å². The lowest BCUT2D eigenvalue weighted by molar-refractivity contribution is -0.136. The number of anilines is 2. The Kier molecular flexibility index (Phi) is 3.28. The number of halogens is 3. The van der Waals surface area contributed by atoms with E-state index in [1.165, 1.54) is 12.5 Å². The van der Waals surface area contributed by atoms with Gasteiger partial charge in [-0.05, 0) is 44.0 Å². The Morgan fingerprint density at radius 3 is 2.75 bits per heavy atom. The van der Waals surface area contributed by atoms with E-state index in [0.717, 1.165) is 32.0 Å². The second kappa shape index (κ2) is 4.84. The number of benzene rings is 1. The van der Waals surface area contributed by atoms with E-state index in [1.807, 2.05) is 0 Å². The third-order valence-electron chi connectivity index (χ3n) is 4.32. The highest BCUT2D eigenvalue weighted by Gasteiger charge is 2.37. The number of nitrogens with zero attached hydrogens (tertiary/aromatic N) is 1. The zero-order valence-electron chi connectivity index (χ0n) is 11.1. The molecule has 0 saturated carbocycles. The fourth-order valence-electron chi connectivity index (χ4n) is 3.36. The van der Waals surface area contributed by atoms with E-state index < -0.39 is 11.7 Å². The first kappa shape index (κ1) is 13.5. The van der Waals surface area contributed by atoms with Crippen LogP contribution in [0.3, 0.4) is 0 Å². The van der Waals surface area contributed by atoms with Crippen LogP contribution in [-0.2, 0) is 6.18 Å². The summed E-state index contributed by atoms with van der Waals surface area (Å²) < 4.78 is 38.5. The van der Waals surface area contributed by atoms with Crippen molar-refractivity contribution in [2.24, 2.45) is 0 Å². The second-order valence-corrected chi connectivity index (χ2v) is 5.58. The molecular formula is C14H18F3N3. The average molecular weight is 285 g/mol. The SMILES string of the molecule is Nc1ccc(NC2CCN3CCCC23)cc1C(F)(F)F. The number of nitrogen functional groups attached to an aromatic ring is 1. The molecule has 0 aliphatic carbocycles. The van der Waals surface area contributed by atoms with Gasteiger partial charge in [-0.25, -0.2) is 0 Å². The maximum atomic E-state index is 12.8. The predicted octanol–water partition coefficient (Wildman–Crippen LogP) is 2.94. The van der Waals surface area contributed by atoms with Gasteiger partial charge in [-0.1, -0.05) is 0 Å². The van der Waals surface area contributed by atoms with E-state index in [1.54, 1.807) is 6.07 Å². The van der Waals surface area contributed by atoms with Crippen LogP contribution in [0.25, 0.3) is 0 Å². The molecular weight excluding hydrogens is 267 g/mol. The quantitative estimate of drug-likeness (QED) is 0.821. The summed E-state index contributed by atoms with van der Waals surface area (Å²) in [5.74, 6) is 0. The Bertz CT molecular complexity index is 501. The monoisotopic (exact) mass is 285 g/mol. The van der Waals surface area contributed by atoms with Crippen molar-refractivity contribution in [2.75, 3.05) is 24.1 Å². The van der Waals surface area contributed by atoms with Crippen LogP contribution in [0.15, 0.2) is 18.2 Å². The van der Waals surface area contributed by atoms with Crippen LogP contribution in [0.4, 0.5) is 24.5 Å². The first-order valence-electron chi connectivity index (χ1n) is 6.92. The molecule has 2 atom stereocenters. The molecule has 2 unspecified atom stereocenters. The molecule has 2 aliphatic heterocycles. The zero-order chi connectivity index (χ0) is 14.3. The molecule has 0 spiro atoms. The summed E-state index contributed by atoms with van der Waals surface area (Å²) in [5, 5.41) is 3.25. The van der Waals surface area contributed by atoms with Gasteiger partial charge < -0.3 is 11.1 Å². The molecule has 3 N–H and O–H groups in total. The number of alkyl halides is 3. The fourth-order valence-corrected chi connectivity index (χ4v) is 3.36. The van der Waals surface area contributed by atoms with Crippen molar-refractivity contribution in [3.05, 3.63) is 23.8 Å². The molecule has 20 heavy (non-hydrogen) atoms. The van der Waals surface area contributed by atoms with Crippen molar-refractivity contribution in [3.8, 4) is 0 Å². The summed E-state index contributed by atoms with van der Waals surface area (Å²) in [6.45, 7) is 2.14. The van der Waals surface area contributed by atoms with Crippen molar-refractivity contribution >= 4 is 11.4 Å². The number of fused-ring (bicyclic) bond motifs is 1. The summed E-state index contributed by atoms with van der Waals surface area (Å²) in [7, 11) is 0. The van der Waals surface area contributed by atoms with Gasteiger partial charge in [0.05, 0.1) is 5.56 Å². The zero-order valence-corrected chi connectivity index (χ0v) is 11.1. The van der Waals surface area contributed by atoms with Gasteiger partial charge in [0.2, 0.25) is 0 Å². The summed E-state index contributed by atoms with van der Waals surface area (Å²) in [6, 6.07) is 4.77. The summed E-state index contributed by atoms with van der Waals surface area (Å²) in [5.41, 5.74) is 4.93. The highest BCUT2D eigenvalue weighted by molar-refractivity contribution is 5.58. The van der Waals surface area contributed by atoms with E-state index in [2.05, 4.69) is 10.2 Å². The standard InChI is InChI=1S/C14H18F3N3/c15-14(16,17)10-8-9(3-4-11(10)18)19-12-5-7-20-6-1-2-13(12)20/h3-4,8,12-13,19H,1-2,5-7,18H2. The van der Waals surface area contributed by atoms with Gasteiger partial charge in [-0.2, -0.15) is 13.2 Å². The molecule has 0 radical (unpaired) electrons. The van der Waals surface area contributed by atoms with Crippen molar-refractivity contribution in [1.29, 1.82) is 0 Å². The Balaban J connectivity index is 1.78. The van der Waals surface area contributed by atoms with Gasteiger partial charge in [0, 0.05) is 30.0 Å².